The number of carbonyl (C=O) groups excluding carboxylic acids is 1. The summed E-state index contributed by atoms with van der Waals surface area (Å²) in [7, 11) is 0. The third-order valence-corrected chi connectivity index (χ3v) is 5.13. The maximum Gasteiger partial charge on any atom is 0.278 e. The highest BCUT2D eigenvalue weighted by Gasteiger charge is 2.20. The summed E-state index contributed by atoms with van der Waals surface area (Å²) in [5.41, 5.74) is 2.11. The van der Waals surface area contributed by atoms with Crippen LogP contribution in [-0.2, 0) is 4.74 Å². The summed E-state index contributed by atoms with van der Waals surface area (Å²) in [6.45, 7) is 1.54. The van der Waals surface area contributed by atoms with Crippen LogP contribution in [0.5, 0.6) is 0 Å². The van der Waals surface area contributed by atoms with Crippen LogP contribution in [-0.4, -0.2) is 34.3 Å². The molecule has 24 heavy (non-hydrogen) atoms. The average molecular weight is 363 g/mol. The molecule has 0 saturated carbocycles. The van der Waals surface area contributed by atoms with E-state index in [-0.39, 0.29) is 5.91 Å². The topological polar surface area (TPSA) is 79.9 Å². The van der Waals surface area contributed by atoms with Crippen LogP contribution in [0.15, 0.2) is 23.6 Å². The number of halogens is 1. The zero-order chi connectivity index (χ0) is 16.5. The molecule has 0 bridgehead atoms. The number of benzene rings is 1. The number of hydrogen-bond acceptors (Lipinski definition) is 5. The summed E-state index contributed by atoms with van der Waals surface area (Å²) in [5.74, 6) is 0.113. The second-order valence-electron chi connectivity index (χ2n) is 5.68. The Bertz CT molecular complexity index is 885. The lowest BCUT2D eigenvalue weighted by atomic mass is 9.98. The third-order valence-electron chi connectivity index (χ3n) is 4.12. The number of anilines is 1. The molecule has 6 nitrogen and oxygen atoms in total. The van der Waals surface area contributed by atoms with Crippen molar-refractivity contribution in [1.29, 1.82) is 0 Å². The van der Waals surface area contributed by atoms with Gasteiger partial charge < -0.3 is 4.74 Å². The van der Waals surface area contributed by atoms with Gasteiger partial charge in [-0.3, -0.25) is 15.2 Å². The second kappa shape index (κ2) is 6.51. The Morgan fingerprint density at radius 1 is 1.38 bits per heavy atom. The molecule has 1 aliphatic heterocycles. The van der Waals surface area contributed by atoms with E-state index < -0.39 is 0 Å². The van der Waals surface area contributed by atoms with E-state index in [9.17, 15) is 4.79 Å². The number of nitrogens with zero attached hydrogens (tertiary/aromatic N) is 2. The largest absolute Gasteiger partial charge is 0.381 e. The monoisotopic (exact) mass is 362 g/mol. The Hall–Kier alpha value is -1.96. The van der Waals surface area contributed by atoms with E-state index in [4.69, 9.17) is 16.3 Å². The predicted molar refractivity (Wildman–Crippen MR) is 94.0 cm³/mol. The van der Waals surface area contributed by atoms with Crippen molar-refractivity contribution in [1.82, 2.24) is 15.2 Å². The van der Waals surface area contributed by atoms with Crippen LogP contribution < -0.4 is 5.32 Å². The fourth-order valence-electron chi connectivity index (χ4n) is 2.84. The molecule has 3 aromatic rings. The molecule has 2 aromatic heterocycles. The summed E-state index contributed by atoms with van der Waals surface area (Å²) >= 11 is 7.44. The number of fused-ring (bicyclic) bond motifs is 1. The number of hydrogen-bond donors (Lipinski definition) is 2. The minimum absolute atomic E-state index is 0.295. The summed E-state index contributed by atoms with van der Waals surface area (Å²) in [6, 6.07) is 5.28. The lowest BCUT2D eigenvalue weighted by Crippen LogP contribution is -2.15. The molecular formula is C16H15ClN4O2S. The smallest absolute Gasteiger partial charge is 0.278 e. The molecule has 4 rings (SSSR count). The first-order chi connectivity index (χ1) is 11.7. The Morgan fingerprint density at radius 2 is 2.21 bits per heavy atom. The lowest BCUT2D eigenvalue weighted by molar-refractivity contribution is 0.0846. The van der Waals surface area contributed by atoms with Gasteiger partial charge in [0.1, 0.15) is 0 Å². The number of amides is 1. The lowest BCUT2D eigenvalue weighted by Gasteiger charge is -2.19. The van der Waals surface area contributed by atoms with Crippen molar-refractivity contribution < 1.29 is 9.53 Å². The van der Waals surface area contributed by atoms with Crippen LogP contribution in [0, 0.1) is 0 Å². The van der Waals surface area contributed by atoms with Gasteiger partial charge in [-0.05, 0) is 31.0 Å². The van der Waals surface area contributed by atoms with E-state index >= 15 is 0 Å². The molecule has 3 heterocycles. The second-order valence-corrected chi connectivity index (χ2v) is 6.97. The minimum Gasteiger partial charge on any atom is -0.381 e. The van der Waals surface area contributed by atoms with Crippen LogP contribution >= 0.6 is 22.9 Å². The highest BCUT2D eigenvalue weighted by Crippen LogP contribution is 2.30. The van der Waals surface area contributed by atoms with Crippen molar-refractivity contribution in [2.75, 3.05) is 18.5 Å². The van der Waals surface area contributed by atoms with Crippen molar-refractivity contribution in [3.8, 4) is 0 Å². The number of carbonyl (C=O) groups is 1. The first-order valence-electron chi connectivity index (χ1n) is 7.69. The Balaban J connectivity index is 1.53. The molecule has 1 aliphatic rings. The van der Waals surface area contributed by atoms with Crippen LogP contribution in [0.3, 0.4) is 0 Å². The van der Waals surface area contributed by atoms with Crippen LogP contribution in [0.25, 0.3) is 10.9 Å². The molecule has 124 valence electrons. The number of thiazole rings is 1. The van der Waals surface area contributed by atoms with Gasteiger partial charge in [-0.25, -0.2) is 4.98 Å². The molecule has 1 aromatic carbocycles. The quantitative estimate of drug-likeness (QED) is 0.742. The molecule has 0 unspecified atom stereocenters. The van der Waals surface area contributed by atoms with E-state index in [0.717, 1.165) is 37.3 Å². The molecule has 1 fully saturated rings. The van der Waals surface area contributed by atoms with E-state index in [1.165, 1.54) is 11.3 Å². The highest BCUT2D eigenvalue weighted by molar-refractivity contribution is 7.14. The van der Waals surface area contributed by atoms with E-state index in [1.807, 2.05) is 5.38 Å². The number of aromatic amines is 1. The maximum absolute atomic E-state index is 12.5. The van der Waals surface area contributed by atoms with Crippen LogP contribution in [0.4, 0.5) is 5.13 Å². The van der Waals surface area contributed by atoms with E-state index in [0.29, 0.717) is 27.2 Å². The molecule has 2 N–H and O–H groups in total. The molecule has 0 radical (unpaired) electrons. The van der Waals surface area contributed by atoms with Gasteiger partial charge in [-0.2, -0.15) is 5.10 Å². The van der Waals surface area contributed by atoms with Gasteiger partial charge >= 0.3 is 0 Å². The molecule has 1 amide bonds. The van der Waals surface area contributed by atoms with Crippen molar-refractivity contribution in [2.24, 2.45) is 0 Å². The number of rotatable bonds is 3. The van der Waals surface area contributed by atoms with Gasteiger partial charge in [0.25, 0.3) is 5.91 Å². The average Bonchev–Trinajstić information content (AvgIpc) is 3.22. The fraction of sp³-hybridized carbons (Fsp3) is 0.312. The molecular weight excluding hydrogens is 348 g/mol. The summed E-state index contributed by atoms with van der Waals surface area (Å²) < 4.78 is 5.38. The highest BCUT2D eigenvalue weighted by atomic mass is 35.5. The van der Waals surface area contributed by atoms with Crippen molar-refractivity contribution >= 4 is 44.9 Å². The van der Waals surface area contributed by atoms with Gasteiger partial charge in [0.05, 0.1) is 11.2 Å². The van der Waals surface area contributed by atoms with Crippen LogP contribution in [0.1, 0.15) is 34.9 Å². The first-order valence-corrected chi connectivity index (χ1v) is 8.94. The van der Waals surface area contributed by atoms with Gasteiger partial charge in [0, 0.05) is 34.9 Å². The van der Waals surface area contributed by atoms with Crippen LogP contribution in [0.2, 0.25) is 5.02 Å². The van der Waals surface area contributed by atoms with Gasteiger partial charge in [-0.1, -0.05) is 11.6 Å². The molecule has 0 atom stereocenters. The first kappa shape index (κ1) is 15.6. The number of H-pyrrole nitrogens is 1. The van der Waals surface area contributed by atoms with Crippen molar-refractivity contribution in [2.45, 2.75) is 18.8 Å². The normalized spacial score (nSPS) is 15.7. The minimum atomic E-state index is -0.295. The van der Waals surface area contributed by atoms with Gasteiger partial charge in [-0.15, -0.1) is 11.3 Å². The standard InChI is InChI=1S/C16H15ClN4O2S/c17-10-1-2-12-11(7-10)14(21-20-12)15(22)19-16-18-13(8-24-16)9-3-5-23-6-4-9/h1-2,7-9H,3-6H2,(H,20,21)(H,18,19,22). The van der Waals surface area contributed by atoms with Crippen molar-refractivity contribution in [3.05, 3.63) is 40.0 Å². The Morgan fingerprint density at radius 3 is 3.04 bits per heavy atom. The van der Waals surface area contributed by atoms with E-state index in [2.05, 4.69) is 20.5 Å². The maximum atomic E-state index is 12.5. The van der Waals surface area contributed by atoms with Gasteiger partial charge in [0.15, 0.2) is 10.8 Å². The van der Waals surface area contributed by atoms with E-state index in [1.54, 1.807) is 18.2 Å². The zero-order valence-electron chi connectivity index (χ0n) is 12.7. The summed E-state index contributed by atoms with van der Waals surface area (Å²) in [5, 5.41) is 13.6. The molecule has 8 heteroatoms. The fourth-order valence-corrected chi connectivity index (χ4v) is 3.80. The molecule has 0 spiro atoms. The SMILES string of the molecule is O=C(Nc1nc(C2CCOCC2)cs1)c1n[nH]c2ccc(Cl)cc12. The summed E-state index contributed by atoms with van der Waals surface area (Å²) in [6.07, 6.45) is 1.94. The zero-order valence-corrected chi connectivity index (χ0v) is 14.3. The number of nitrogens with one attached hydrogen (secondary N) is 2. The third kappa shape index (κ3) is 3.02. The number of ether oxygens (including phenoxy) is 1. The number of aromatic nitrogens is 3. The Kier molecular flexibility index (Phi) is 4.22. The Labute approximate surface area is 147 Å². The predicted octanol–water partition coefficient (Wildman–Crippen LogP) is 3.82. The molecule has 1 saturated heterocycles. The van der Waals surface area contributed by atoms with Gasteiger partial charge in [0.2, 0.25) is 0 Å². The summed E-state index contributed by atoms with van der Waals surface area (Å²) in [4.78, 5) is 17.0. The van der Waals surface area contributed by atoms with Crippen molar-refractivity contribution in [3.63, 3.8) is 0 Å². The molecule has 0 aliphatic carbocycles.